The molecule has 0 aromatic heterocycles. The van der Waals surface area contributed by atoms with Gasteiger partial charge in [-0.2, -0.15) is 0 Å². The van der Waals surface area contributed by atoms with Crippen molar-refractivity contribution in [3.05, 3.63) is 23.8 Å². The van der Waals surface area contributed by atoms with E-state index in [4.69, 9.17) is 10.8 Å². The molecule has 0 aliphatic rings. The Bertz CT molecular complexity index is 339. The third-order valence-corrected chi connectivity index (χ3v) is 3.08. The third-order valence-electron chi connectivity index (χ3n) is 1.73. The Kier molecular flexibility index (Phi) is 3.83. The van der Waals surface area contributed by atoms with Crippen molar-refractivity contribution in [3.63, 3.8) is 0 Å². The van der Waals surface area contributed by atoms with Gasteiger partial charge in [0.2, 0.25) is 0 Å². The number of thioether (sulfide) groups is 1. The molecule has 0 aliphatic carbocycles. The van der Waals surface area contributed by atoms with E-state index >= 15 is 0 Å². The standard InChI is InChI=1S/C10H13NO2S/c1-2-6-14-9-7(10(12)13)4-3-5-8(9)11/h3-5H,2,6,11H2,1H3,(H,12,13). The maximum absolute atomic E-state index is 10.9. The van der Waals surface area contributed by atoms with Crippen LogP contribution in [-0.4, -0.2) is 16.8 Å². The zero-order chi connectivity index (χ0) is 10.6. The predicted molar refractivity (Wildman–Crippen MR) is 58.8 cm³/mol. The number of hydrogen-bond donors (Lipinski definition) is 2. The number of benzene rings is 1. The summed E-state index contributed by atoms with van der Waals surface area (Å²) in [6.45, 7) is 2.05. The molecule has 0 atom stereocenters. The van der Waals surface area contributed by atoms with Gasteiger partial charge in [-0.1, -0.05) is 13.0 Å². The molecule has 1 aromatic rings. The molecule has 76 valence electrons. The van der Waals surface area contributed by atoms with Gasteiger partial charge in [0.1, 0.15) is 0 Å². The van der Waals surface area contributed by atoms with E-state index < -0.39 is 5.97 Å². The highest BCUT2D eigenvalue weighted by Gasteiger charge is 2.12. The van der Waals surface area contributed by atoms with E-state index in [2.05, 4.69) is 0 Å². The lowest BCUT2D eigenvalue weighted by molar-refractivity contribution is 0.0693. The number of carboxylic acids is 1. The second-order valence-electron chi connectivity index (χ2n) is 2.88. The van der Waals surface area contributed by atoms with Crippen molar-refractivity contribution in [3.8, 4) is 0 Å². The van der Waals surface area contributed by atoms with Gasteiger partial charge in [0.15, 0.2) is 0 Å². The van der Waals surface area contributed by atoms with Crippen molar-refractivity contribution in [2.75, 3.05) is 11.5 Å². The third kappa shape index (κ3) is 2.42. The predicted octanol–water partition coefficient (Wildman–Crippen LogP) is 2.47. The molecule has 1 aromatic carbocycles. The van der Waals surface area contributed by atoms with Crippen LogP contribution in [0.15, 0.2) is 23.1 Å². The van der Waals surface area contributed by atoms with E-state index in [9.17, 15) is 4.79 Å². The van der Waals surface area contributed by atoms with Crippen LogP contribution in [0.3, 0.4) is 0 Å². The quantitative estimate of drug-likeness (QED) is 0.593. The first kappa shape index (κ1) is 10.9. The first-order valence-electron chi connectivity index (χ1n) is 4.41. The summed E-state index contributed by atoms with van der Waals surface area (Å²) in [6.07, 6.45) is 0.998. The van der Waals surface area contributed by atoms with Crippen LogP contribution in [0, 0.1) is 0 Å². The molecule has 0 saturated carbocycles. The summed E-state index contributed by atoms with van der Waals surface area (Å²) in [5.74, 6) is -0.0370. The minimum atomic E-state index is -0.920. The largest absolute Gasteiger partial charge is 0.478 e. The molecule has 3 nitrogen and oxygen atoms in total. The van der Waals surface area contributed by atoms with Crippen LogP contribution in [0.5, 0.6) is 0 Å². The minimum absolute atomic E-state index is 0.295. The fourth-order valence-corrected chi connectivity index (χ4v) is 2.04. The average molecular weight is 211 g/mol. The Morgan fingerprint density at radius 1 is 1.57 bits per heavy atom. The first-order chi connectivity index (χ1) is 6.66. The molecular weight excluding hydrogens is 198 g/mol. The number of carbonyl (C=O) groups is 1. The Morgan fingerprint density at radius 2 is 2.29 bits per heavy atom. The summed E-state index contributed by atoms with van der Waals surface area (Å²) < 4.78 is 0. The van der Waals surface area contributed by atoms with E-state index in [-0.39, 0.29) is 0 Å². The number of aromatic carboxylic acids is 1. The lowest BCUT2D eigenvalue weighted by Crippen LogP contribution is -2.02. The van der Waals surface area contributed by atoms with Crippen molar-refractivity contribution >= 4 is 23.4 Å². The van der Waals surface area contributed by atoms with Gasteiger partial charge in [0.25, 0.3) is 0 Å². The highest BCUT2D eigenvalue weighted by molar-refractivity contribution is 7.99. The number of nitrogens with two attached hydrogens (primary N) is 1. The van der Waals surface area contributed by atoms with E-state index in [0.29, 0.717) is 16.1 Å². The van der Waals surface area contributed by atoms with Gasteiger partial charge in [-0.05, 0) is 24.3 Å². The van der Waals surface area contributed by atoms with E-state index in [1.165, 1.54) is 11.8 Å². The fourth-order valence-electron chi connectivity index (χ4n) is 1.09. The second kappa shape index (κ2) is 4.91. The Balaban J connectivity index is 3.02. The molecule has 4 heteroatoms. The Hall–Kier alpha value is -1.16. The maximum atomic E-state index is 10.9. The van der Waals surface area contributed by atoms with Crippen LogP contribution >= 0.6 is 11.8 Å². The summed E-state index contributed by atoms with van der Waals surface area (Å²) in [5.41, 5.74) is 6.56. The number of anilines is 1. The van der Waals surface area contributed by atoms with Gasteiger partial charge in [0.05, 0.1) is 5.56 Å². The Labute approximate surface area is 87.3 Å². The van der Waals surface area contributed by atoms with E-state index in [0.717, 1.165) is 12.2 Å². The van der Waals surface area contributed by atoms with Crippen LogP contribution in [0.4, 0.5) is 5.69 Å². The van der Waals surface area contributed by atoms with Gasteiger partial charge in [-0.3, -0.25) is 0 Å². The van der Waals surface area contributed by atoms with Crippen LogP contribution in [0.25, 0.3) is 0 Å². The first-order valence-corrected chi connectivity index (χ1v) is 5.40. The summed E-state index contributed by atoms with van der Waals surface area (Å²) in [4.78, 5) is 11.6. The molecule has 0 spiro atoms. The summed E-state index contributed by atoms with van der Waals surface area (Å²) >= 11 is 1.50. The van der Waals surface area contributed by atoms with Crippen molar-refractivity contribution in [2.45, 2.75) is 18.2 Å². The normalized spacial score (nSPS) is 10.1. The smallest absolute Gasteiger partial charge is 0.336 e. The zero-order valence-corrected chi connectivity index (χ0v) is 8.80. The topological polar surface area (TPSA) is 63.3 Å². The SMILES string of the molecule is CCCSc1c(N)cccc1C(=O)O. The molecule has 3 N–H and O–H groups in total. The molecule has 0 fully saturated rings. The van der Waals surface area contributed by atoms with Crippen molar-refractivity contribution in [1.82, 2.24) is 0 Å². The number of rotatable bonds is 4. The van der Waals surface area contributed by atoms with Crippen molar-refractivity contribution < 1.29 is 9.90 Å². The Morgan fingerprint density at radius 3 is 2.86 bits per heavy atom. The number of carboxylic acid groups (broad SMARTS) is 1. The lowest BCUT2D eigenvalue weighted by atomic mass is 10.2. The highest BCUT2D eigenvalue weighted by Crippen LogP contribution is 2.29. The van der Waals surface area contributed by atoms with Gasteiger partial charge in [-0.15, -0.1) is 11.8 Å². The molecule has 14 heavy (non-hydrogen) atoms. The molecule has 0 radical (unpaired) electrons. The van der Waals surface area contributed by atoms with Crippen LogP contribution in [0.1, 0.15) is 23.7 Å². The van der Waals surface area contributed by atoms with Crippen LogP contribution < -0.4 is 5.73 Å². The molecule has 0 saturated heterocycles. The van der Waals surface area contributed by atoms with Crippen LogP contribution in [-0.2, 0) is 0 Å². The molecule has 0 amide bonds. The average Bonchev–Trinajstić information content (AvgIpc) is 2.15. The molecule has 1 rings (SSSR count). The van der Waals surface area contributed by atoms with Crippen molar-refractivity contribution in [1.29, 1.82) is 0 Å². The van der Waals surface area contributed by atoms with Crippen LogP contribution in [0.2, 0.25) is 0 Å². The monoisotopic (exact) mass is 211 g/mol. The maximum Gasteiger partial charge on any atom is 0.336 e. The molecule has 0 heterocycles. The van der Waals surface area contributed by atoms with Gasteiger partial charge >= 0.3 is 5.97 Å². The fraction of sp³-hybridized carbons (Fsp3) is 0.300. The molecular formula is C10H13NO2S. The minimum Gasteiger partial charge on any atom is -0.478 e. The van der Waals surface area contributed by atoms with E-state index in [1.807, 2.05) is 6.92 Å². The summed E-state index contributed by atoms with van der Waals surface area (Å²) in [6, 6.07) is 4.97. The van der Waals surface area contributed by atoms with E-state index in [1.54, 1.807) is 18.2 Å². The molecule has 0 unspecified atom stereocenters. The molecule has 0 aliphatic heterocycles. The number of nitrogen functional groups attached to an aromatic ring is 1. The zero-order valence-electron chi connectivity index (χ0n) is 7.99. The second-order valence-corrected chi connectivity index (χ2v) is 3.98. The lowest BCUT2D eigenvalue weighted by Gasteiger charge is -2.07. The van der Waals surface area contributed by atoms with Gasteiger partial charge in [-0.25, -0.2) is 4.79 Å². The van der Waals surface area contributed by atoms with Gasteiger partial charge in [0, 0.05) is 10.6 Å². The summed E-state index contributed by atoms with van der Waals surface area (Å²) in [5, 5.41) is 8.92. The highest BCUT2D eigenvalue weighted by atomic mass is 32.2. The molecule has 0 bridgehead atoms. The number of hydrogen-bond acceptors (Lipinski definition) is 3. The van der Waals surface area contributed by atoms with Crippen molar-refractivity contribution in [2.24, 2.45) is 0 Å². The van der Waals surface area contributed by atoms with Gasteiger partial charge < -0.3 is 10.8 Å². The summed E-state index contributed by atoms with van der Waals surface area (Å²) in [7, 11) is 0.